The summed E-state index contributed by atoms with van der Waals surface area (Å²) in [5, 5.41) is 0. The summed E-state index contributed by atoms with van der Waals surface area (Å²) in [5.41, 5.74) is 6.08. The second-order valence-electron chi connectivity index (χ2n) is 6.74. The Morgan fingerprint density at radius 3 is 2.00 bits per heavy atom. The van der Waals surface area contributed by atoms with Crippen molar-refractivity contribution in [2.75, 3.05) is 13.1 Å². The molecule has 3 aliphatic rings. The van der Waals surface area contributed by atoms with Gasteiger partial charge in [-0.25, -0.2) is 0 Å². The number of rotatable bonds is 6. The zero-order valence-corrected chi connectivity index (χ0v) is 12.5. The van der Waals surface area contributed by atoms with Crippen LogP contribution in [0.2, 0.25) is 0 Å². The molecule has 0 unspecified atom stereocenters. The van der Waals surface area contributed by atoms with E-state index in [-0.39, 0.29) is 18.4 Å². The molecule has 0 aliphatic heterocycles. The van der Waals surface area contributed by atoms with Gasteiger partial charge in [0.2, 0.25) is 5.91 Å². The predicted molar refractivity (Wildman–Crippen MR) is 79.2 cm³/mol. The Morgan fingerprint density at radius 1 is 1.00 bits per heavy atom. The number of nitrogens with two attached hydrogens (primary N) is 1. The van der Waals surface area contributed by atoms with Crippen LogP contribution >= 0.6 is 12.4 Å². The van der Waals surface area contributed by atoms with Gasteiger partial charge in [0.05, 0.1) is 0 Å². The zero-order valence-electron chi connectivity index (χ0n) is 11.7. The first-order valence-electron chi connectivity index (χ1n) is 7.75. The lowest BCUT2D eigenvalue weighted by molar-refractivity contribution is -0.132. The van der Waals surface area contributed by atoms with E-state index in [2.05, 4.69) is 4.90 Å². The molecule has 2 N–H and O–H groups in total. The largest absolute Gasteiger partial charge is 0.342 e. The van der Waals surface area contributed by atoms with Gasteiger partial charge in [-0.15, -0.1) is 12.4 Å². The Morgan fingerprint density at radius 2 is 1.58 bits per heavy atom. The SMILES string of the molecule is Cl.N[C@@H]1CCC[C@H]1CC(=O)N(CC1CC1)CC1CC1. The first kappa shape index (κ1) is 15.1. The van der Waals surface area contributed by atoms with Crippen molar-refractivity contribution < 1.29 is 4.79 Å². The number of nitrogens with zero attached hydrogens (tertiary/aromatic N) is 1. The molecule has 0 spiro atoms. The Kier molecular flexibility index (Phi) is 5.13. The van der Waals surface area contributed by atoms with Crippen LogP contribution in [0, 0.1) is 17.8 Å². The molecule has 110 valence electrons. The summed E-state index contributed by atoms with van der Waals surface area (Å²) < 4.78 is 0. The lowest BCUT2D eigenvalue weighted by Gasteiger charge is -2.25. The van der Waals surface area contributed by atoms with E-state index in [1.54, 1.807) is 0 Å². The van der Waals surface area contributed by atoms with E-state index in [1.165, 1.54) is 32.1 Å². The average molecular weight is 287 g/mol. The molecule has 0 bridgehead atoms. The molecule has 19 heavy (non-hydrogen) atoms. The topological polar surface area (TPSA) is 46.3 Å². The summed E-state index contributed by atoms with van der Waals surface area (Å²) in [6.45, 7) is 2.05. The fourth-order valence-electron chi connectivity index (χ4n) is 3.17. The van der Waals surface area contributed by atoms with Gasteiger partial charge in [0.1, 0.15) is 0 Å². The molecular weight excluding hydrogens is 260 g/mol. The van der Waals surface area contributed by atoms with Gasteiger partial charge < -0.3 is 10.6 Å². The molecule has 3 rings (SSSR count). The van der Waals surface area contributed by atoms with Gasteiger partial charge in [-0.3, -0.25) is 4.79 Å². The molecule has 3 saturated carbocycles. The van der Waals surface area contributed by atoms with E-state index in [4.69, 9.17) is 5.73 Å². The molecule has 3 nitrogen and oxygen atoms in total. The average Bonchev–Trinajstić information content (AvgIpc) is 3.24. The minimum Gasteiger partial charge on any atom is -0.342 e. The number of carbonyl (C=O) groups is 1. The van der Waals surface area contributed by atoms with Crippen LogP contribution in [0.25, 0.3) is 0 Å². The highest BCUT2D eigenvalue weighted by Crippen LogP contribution is 2.35. The Hall–Kier alpha value is -0.280. The predicted octanol–water partition coefficient (Wildman–Crippen LogP) is 2.57. The zero-order chi connectivity index (χ0) is 12.5. The lowest BCUT2D eigenvalue weighted by Crippen LogP contribution is -2.37. The fraction of sp³-hybridized carbons (Fsp3) is 0.933. The van der Waals surface area contributed by atoms with E-state index in [9.17, 15) is 4.79 Å². The molecule has 3 fully saturated rings. The Bertz CT molecular complexity index is 301. The van der Waals surface area contributed by atoms with Crippen molar-refractivity contribution in [3.05, 3.63) is 0 Å². The molecule has 0 aromatic rings. The third-order valence-corrected chi connectivity index (χ3v) is 4.86. The molecular formula is C15H27ClN2O. The summed E-state index contributed by atoms with van der Waals surface area (Å²) >= 11 is 0. The van der Waals surface area contributed by atoms with Crippen LogP contribution in [-0.4, -0.2) is 29.9 Å². The van der Waals surface area contributed by atoms with Crippen LogP contribution < -0.4 is 5.73 Å². The maximum atomic E-state index is 12.4. The second kappa shape index (κ2) is 6.45. The van der Waals surface area contributed by atoms with Crippen LogP contribution in [-0.2, 0) is 4.79 Å². The molecule has 2 atom stereocenters. The highest BCUT2D eigenvalue weighted by molar-refractivity contribution is 5.85. The number of amides is 1. The molecule has 0 saturated heterocycles. The van der Waals surface area contributed by atoms with E-state index in [1.807, 2.05) is 0 Å². The van der Waals surface area contributed by atoms with Crippen molar-refractivity contribution in [2.24, 2.45) is 23.5 Å². The number of hydrogen-bond donors (Lipinski definition) is 1. The molecule has 0 aromatic carbocycles. The van der Waals surface area contributed by atoms with Gasteiger partial charge in [-0.2, -0.15) is 0 Å². The van der Waals surface area contributed by atoms with E-state index in [0.29, 0.717) is 18.2 Å². The summed E-state index contributed by atoms with van der Waals surface area (Å²) in [4.78, 5) is 14.6. The monoisotopic (exact) mass is 286 g/mol. The van der Waals surface area contributed by atoms with Gasteiger partial charge in [0.25, 0.3) is 0 Å². The highest BCUT2D eigenvalue weighted by atomic mass is 35.5. The fourth-order valence-corrected chi connectivity index (χ4v) is 3.17. The molecule has 0 aromatic heterocycles. The van der Waals surface area contributed by atoms with Crippen LogP contribution in [0.3, 0.4) is 0 Å². The second-order valence-corrected chi connectivity index (χ2v) is 6.74. The smallest absolute Gasteiger partial charge is 0.222 e. The number of hydrogen-bond acceptors (Lipinski definition) is 2. The van der Waals surface area contributed by atoms with Crippen molar-refractivity contribution >= 4 is 18.3 Å². The first-order chi connectivity index (χ1) is 8.72. The van der Waals surface area contributed by atoms with E-state index >= 15 is 0 Å². The van der Waals surface area contributed by atoms with Crippen LogP contribution in [0.5, 0.6) is 0 Å². The van der Waals surface area contributed by atoms with E-state index < -0.39 is 0 Å². The third-order valence-electron chi connectivity index (χ3n) is 4.86. The molecule has 0 heterocycles. The molecule has 3 aliphatic carbocycles. The Labute approximate surface area is 122 Å². The molecule has 0 radical (unpaired) electrons. The summed E-state index contributed by atoms with van der Waals surface area (Å²) in [5.74, 6) is 2.46. The maximum absolute atomic E-state index is 12.4. The van der Waals surface area contributed by atoms with Gasteiger partial charge in [0, 0.05) is 25.6 Å². The van der Waals surface area contributed by atoms with E-state index in [0.717, 1.165) is 37.8 Å². The molecule has 1 amide bonds. The normalized spacial score (nSPS) is 29.9. The maximum Gasteiger partial charge on any atom is 0.222 e. The standard InChI is InChI=1S/C15H26N2O.ClH/c16-14-3-1-2-13(14)8-15(18)17(9-11-4-5-11)10-12-6-7-12;/h11-14H,1-10,16H2;1H/t13-,14+;/m0./s1. The van der Waals surface area contributed by atoms with Crippen LogP contribution in [0.1, 0.15) is 51.4 Å². The number of carbonyl (C=O) groups excluding carboxylic acids is 1. The van der Waals surface area contributed by atoms with Crippen LogP contribution in [0.15, 0.2) is 0 Å². The summed E-state index contributed by atoms with van der Waals surface area (Å²) in [6.07, 6.45) is 9.52. The van der Waals surface area contributed by atoms with Gasteiger partial charge in [0.15, 0.2) is 0 Å². The Balaban J connectivity index is 0.00000133. The highest BCUT2D eigenvalue weighted by Gasteiger charge is 2.33. The van der Waals surface area contributed by atoms with Crippen molar-refractivity contribution in [3.8, 4) is 0 Å². The first-order valence-corrected chi connectivity index (χ1v) is 7.75. The summed E-state index contributed by atoms with van der Waals surface area (Å²) in [6, 6.07) is 0.276. The third kappa shape index (κ3) is 4.35. The minimum atomic E-state index is 0. The van der Waals surface area contributed by atoms with Crippen molar-refractivity contribution in [1.29, 1.82) is 0 Å². The molecule has 4 heteroatoms. The van der Waals surface area contributed by atoms with Gasteiger partial charge >= 0.3 is 0 Å². The number of halogens is 1. The van der Waals surface area contributed by atoms with Crippen LogP contribution in [0.4, 0.5) is 0 Å². The quantitative estimate of drug-likeness (QED) is 0.816. The van der Waals surface area contributed by atoms with Gasteiger partial charge in [-0.05, 0) is 56.3 Å². The summed E-state index contributed by atoms with van der Waals surface area (Å²) in [7, 11) is 0. The van der Waals surface area contributed by atoms with Crippen molar-refractivity contribution in [1.82, 2.24) is 4.90 Å². The van der Waals surface area contributed by atoms with Gasteiger partial charge in [-0.1, -0.05) is 6.42 Å². The lowest BCUT2D eigenvalue weighted by atomic mass is 9.99. The van der Waals surface area contributed by atoms with Crippen molar-refractivity contribution in [2.45, 2.75) is 57.4 Å². The minimum absolute atomic E-state index is 0. The van der Waals surface area contributed by atoms with Crippen molar-refractivity contribution in [3.63, 3.8) is 0 Å².